The van der Waals surface area contributed by atoms with E-state index in [2.05, 4.69) is 5.32 Å². The first-order valence-electron chi connectivity index (χ1n) is 9.04. The predicted molar refractivity (Wildman–Crippen MR) is 110 cm³/mol. The molecule has 1 N–H and O–H groups in total. The Labute approximate surface area is 170 Å². The molecule has 3 aromatic carbocycles. The summed E-state index contributed by atoms with van der Waals surface area (Å²) in [7, 11) is 4.66. The Morgan fingerprint density at radius 2 is 1.38 bits per heavy atom. The lowest BCUT2D eigenvalue weighted by molar-refractivity contribution is 0.0951. The van der Waals surface area contributed by atoms with E-state index < -0.39 is 0 Å². The van der Waals surface area contributed by atoms with Crippen LogP contribution in [-0.2, 0) is 6.54 Å². The second-order valence-electron chi connectivity index (χ2n) is 6.16. The van der Waals surface area contributed by atoms with Gasteiger partial charge in [0, 0.05) is 12.1 Å². The van der Waals surface area contributed by atoms with Crippen LogP contribution in [0.2, 0.25) is 0 Å². The van der Waals surface area contributed by atoms with Crippen LogP contribution in [0.3, 0.4) is 0 Å². The first-order valence-corrected chi connectivity index (χ1v) is 9.04. The highest BCUT2D eigenvalue weighted by atomic mass is 16.5. The van der Waals surface area contributed by atoms with E-state index in [9.17, 15) is 4.79 Å². The Hall–Kier alpha value is -3.67. The molecule has 0 heterocycles. The quantitative estimate of drug-likeness (QED) is 0.613. The highest BCUT2D eigenvalue weighted by molar-refractivity contribution is 5.94. The lowest BCUT2D eigenvalue weighted by Crippen LogP contribution is -2.22. The molecule has 0 fully saturated rings. The molecule has 0 aliphatic rings. The molecular weight excluding hydrogens is 370 g/mol. The van der Waals surface area contributed by atoms with E-state index in [1.807, 2.05) is 30.3 Å². The maximum absolute atomic E-state index is 12.5. The van der Waals surface area contributed by atoms with E-state index in [0.29, 0.717) is 35.1 Å². The van der Waals surface area contributed by atoms with E-state index in [1.165, 1.54) is 0 Å². The number of benzene rings is 3. The first kappa shape index (κ1) is 20.1. The minimum Gasteiger partial charge on any atom is -0.493 e. The SMILES string of the molecule is COc1cc(CNC(=O)c2ccc(Oc3ccccc3)cc2)cc(OC)c1OC. The topological polar surface area (TPSA) is 66.0 Å². The zero-order chi connectivity index (χ0) is 20.6. The van der Waals surface area contributed by atoms with Gasteiger partial charge in [-0.05, 0) is 54.1 Å². The number of nitrogens with one attached hydrogen (secondary N) is 1. The minimum atomic E-state index is -0.190. The van der Waals surface area contributed by atoms with Crippen LogP contribution in [0.4, 0.5) is 0 Å². The van der Waals surface area contributed by atoms with E-state index in [-0.39, 0.29) is 5.91 Å². The fraction of sp³-hybridized carbons (Fsp3) is 0.174. The van der Waals surface area contributed by atoms with Crippen molar-refractivity contribution in [1.82, 2.24) is 5.32 Å². The van der Waals surface area contributed by atoms with Gasteiger partial charge in [0.15, 0.2) is 11.5 Å². The third-order valence-corrected chi connectivity index (χ3v) is 4.27. The molecule has 29 heavy (non-hydrogen) atoms. The normalized spacial score (nSPS) is 10.2. The number of methoxy groups -OCH3 is 3. The summed E-state index contributed by atoms with van der Waals surface area (Å²) < 4.78 is 21.7. The van der Waals surface area contributed by atoms with Crippen molar-refractivity contribution in [2.75, 3.05) is 21.3 Å². The number of ether oxygens (including phenoxy) is 4. The molecular formula is C23H23NO5. The number of para-hydroxylation sites is 1. The molecule has 1 amide bonds. The van der Waals surface area contributed by atoms with Gasteiger partial charge in [-0.25, -0.2) is 0 Å². The van der Waals surface area contributed by atoms with Gasteiger partial charge in [0.1, 0.15) is 11.5 Å². The van der Waals surface area contributed by atoms with E-state index in [1.54, 1.807) is 57.7 Å². The zero-order valence-corrected chi connectivity index (χ0v) is 16.6. The monoisotopic (exact) mass is 393 g/mol. The van der Waals surface area contributed by atoms with Gasteiger partial charge < -0.3 is 24.3 Å². The second kappa shape index (κ2) is 9.50. The minimum absolute atomic E-state index is 0.190. The van der Waals surface area contributed by atoms with Crippen molar-refractivity contribution < 1.29 is 23.7 Å². The maximum atomic E-state index is 12.5. The summed E-state index contributed by atoms with van der Waals surface area (Å²) >= 11 is 0. The van der Waals surface area contributed by atoms with Crippen LogP contribution in [0.5, 0.6) is 28.7 Å². The second-order valence-corrected chi connectivity index (χ2v) is 6.16. The Kier molecular flexibility index (Phi) is 6.58. The van der Waals surface area contributed by atoms with Crippen LogP contribution < -0.4 is 24.3 Å². The number of hydrogen-bond donors (Lipinski definition) is 1. The van der Waals surface area contributed by atoms with Gasteiger partial charge in [-0.1, -0.05) is 18.2 Å². The van der Waals surface area contributed by atoms with E-state index in [0.717, 1.165) is 11.3 Å². The molecule has 6 heteroatoms. The summed E-state index contributed by atoms with van der Waals surface area (Å²) in [5.41, 5.74) is 1.37. The molecule has 0 aromatic heterocycles. The third kappa shape index (κ3) is 4.99. The fourth-order valence-electron chi connectivity index (χ4n) is 2.82. The van der Waals surface area contributed by atoms with Gasteiger partial charge >= 0.3 is 0 Å². The summed E-state index contributed by atoms with van der Waals surface area (Å²) in [4.78, 5) is 12.5. The van der Waals surface area contributed by atoms with Gasteiger partial charge in [-0.2, -0.15) is 0 Å². The zero-order valence-electron chi connectivity index (χ0n) is 16.6. The van der Waals surface area contributed by atoms with Crippen molar-refractivity contribution in [3.63, 3.8) is 0 Å². The number of carbonyl (C=O) groups excluding carboxylic acids is 1. The first-order chi connectivity index (χ1) is 14.1. The van der Waals surface area contributed by atoms with Crippen LogP contribution in [0.1, 0.15) is 15.9 Å². The van der Waals surface area contributed by atoms with Crippen LogP contribution in [0.15, 0.2) is 66.7 Å². The Morgan fingerprint density at radius 3 is 1.93 bits per heavy atom. The highest BCUT2D eigenvalue weighted by Gasteiger charge is 2.14. The largest absolute Gasteiger partial charge is 0.493 e. The lowest BCUT2D eigenvalue weighted by Gasteiger charge is -2.14. The molecule has 6 nitrogen and oxygen atoms in total. The van der Waals surface area contributed by atoms with Crippen LogP contribution in [-0.4, -0.2) is 27.2 Å². The van der Waals surface area contributed by atoms with Crippen molar-refractivity contribution in [2.45, 2.75) is 6.54 Å². The standard InChI is InChI=1S/C23H23NO5/c1-26-20-13-16(14-21(27-2)22(20)28-3)15-24-23(25)17-9-11-19(12-10-17)29-18-7-5-4-6-8-18/h4-14H,15H2,1-3H3,(H,24,25). The predicted octanol–water partition coefficient (Wildman–Crippen LogP) is 4.43. The van der Waals surface area contributed by atoms with E-state index >= 15 is 0 Å². The molecule has 0 atom stereocenters. The van der Waals surface area contributed by atoms with Crippen LogP contribution in [0.25, 0.3) is 0 Å². The molecule has 0 unspecified atom stereocenters. The lowest BCUT2D eigenvalue weighted by atomic mass is 10.1. The van der Waals surface area contributed by atoms with Gasteiger partial charge in [0.05, 0.1) is 21.3 Å². The van der Waals surface area contributed by atoms with E-state index in [4.69, 9.17) is 18.9 Å². The fourth-order valence-corrected chi connectivity index (χ4v) is 2.82. The Bertz CT molecular complexity index is 930. The molecule has 0 radical (unpaired) electrons. The molecule has 0 saturated carbocycles. The average Bonchev–Trinajstić information content (AvgIpc) is 2.77. The highest BCUT2D eigenvalue weighted by Crippen LogP contribution is 2.38. The summed E-state index contributed by atoms with van der Waals surface area (Å²) in [6, 6.07) is 20.1. The number of hydrogen-bond acceptors (Lipinski definition) is 5. The van der Waals surface area contributed by atoms with Gasteiger partial charge in [-0.15, -0.1) is 0 Å². The molecule has 0 saturated heterocycles. The summed E-state index contributed by atoms with van der Waals surface area (Å²) in [6.07, 6.45) is 0. The summed E-state index contributed by atoms with van der Waals surface area (Å²) in [6.45, 7) is 0.317. The maximum Gasteiger partial charge on any atom is 0.251 e. The van der Waals surface area contributed by atoms with Crippen molar-refractivity contribution in [2.24, 2.45) is 0 Å². The van der Waals surface area contributed by atoms with Gasteiger partial charge in [0.2, 0.25) is 5.75 Å². The number of rotatable bonds is 8. The Balaban J connectivity index is 1.65. The van der Waals surface area contributed by atoms with Crippen molar-refractivity contribution >= 4 is 5.91 Å². The van der Waals surface area contributed by atoms with Crippen molar-refractivity contribution in [3.05, 3.63) is 77.9 Å². The average molecular weight is 393 g/mol. The van der Waals surface area contributed by atoms with Crippen LogP contribution in [0, 0.1) is 0 Å². The smallest absolute Gasteiger partial charge is 0.251 e. The van der Waals surface area contributed by atoms with Crippen molar-refractivity contribution in [1.29, 1.82) is 0 Å². The van der Waals surface area contributed by atoms with Crippen molar-refractivity contribution in [3.8, 4) is 28.7 Å². The molecule has 0 aliphatic heterocycles. The molecule has 3 rings (SSSR count). The third-order valence-electron chi connectivity index (χ3n) is 4.27. The van der Waals surface area contributed by atoms with Crippen LogP contribution >= 0.6 is 0 Å². The Morgan fingerprint density at radius 1 is 0.793 bits per heavy atom. The number of amides is 1. The molecule has 150 valence electrons. The molecule has 0 aliphatic carbocycles. The number of carbonyl (C=O) groups is 1. The molecule has 3 aromatic rings. The molecule has 0 spiro atoms. The summed E-state index contributed by atoms with van der Waals surface area (Å²) in [5, 5.41) is 2.89. The summed E-state index contributed by atoms with van der Waals surface area (Å²) in [5.74, 6) is 2.81. The van der Waals surface area contributed by atoms with Gasteiger partial charge in [-0.3, -0.25) is 4.79 Å². The van der Waals surface area contributed by atoms with Gasteiger partial charge in [0.25, 0.3) is 5.91 Å². The molecule has 0 bridgehead atoms.